The second-order valence-corrected chi connectivity index (χ2v) is 6.02. The van der Waals surface area contributed by atoms with Crippen molar-refractivity contribution in [2.45, 2.75) is 6.92 Å². The van der Waals surface area contributed by atoms with E-state index in [2.05, 4.69) is 9.97 Å². The van der Waals surface area contributed by atoms with Gasteiger partial charge in [0.1, 0.15) is 0 Å². The van der Waals surface area contributed by atoms with Gasteiger partial charge in [-0.2, -0.15) is 0 Å². The van der Waals surface area contributed by atoms with Gasteiger partial charge in [-0.15, -0.1) is 11.3 Å². The van der Waals surface area contributed by atoms with Crippen molar-refractivity contribution in [2.24, 2.45) is 0 Å². The Bertz CT molecular complexity index is 730. The number of aromatic amines is 1. The molecule has 3 rings (SSSR count). The average molecular weight is 290 g/mol. The minimum atomic E-state index is 0.763. The molecule has 2 aromatic heterocycles. The van der Waals surface area contributed by atoms with Gasteiger partial charge in [0.2, 0.25) is 0 Å². The summed E-state index contributed by atoms with van der Waals surface area (Å²) in [5.74, 6) is 0. The van der Waals surface area contributed by atoms with Crippen LogP contribution in [0.1, 0.15) is 5.56 Å². The number of H-pyrrole nitrogens is 1. The standard InChI is InChI=1S/C14H12ClN3S/c1-8-2-3-9(6-10(8)16)13-14(18-7-17-13)11-4-5-12(15)19-11/h2-7H,16H2,1H3,(H,17,18). The van der Waals surface area contributed by atoms with Gasteiger partial charge < -0.3 is 10.7 Å². The number of imidazole rings is 1. The fourth-order valence-electron chi connectivity index (χ4n) is 1.94. The highest BCUT2D eigenvalue weighted by atomic mass is 35.5. The SMILES string of the molecule is Cc1ccc(-c2nc[nH]c2-c2ccc(Cl)s2)cc1N. The first-order valence-corrected chi connectivity index (χ1v) is 7.00. The number of halogens is 1. The molecule has 0 spiro atoms. The Morgan fingerprint density at radius 3 is 2.79 bits per heavy atom. The van der Waals surface area contributed by atoms with Gasteiger partial charge in [0.15, 0.2) is 0 Å². The highest BCUT2D eigenvalue weighted by Gasteiger charge is 2.12. The zero-order valence-electron chi connectivity index (χ0n) is 10.3. The topological polar surface area (TPSA) is 54.7 Å². The number of nitrogens with two attached hydrogens (primary N) is 1. The van der Waals surface area contributed by atoms with E-state index < -0.39 is 0 Å². The molecule has 0 unspecified atom stereocenters. The van der Waals surface area contributed by atoms with Crippen LogP contribution in [-0.4, -0.2) is 9.97 Å². The fourth-order valence-corrected chi connectivity index (χ4v) is 2.99. The second kappa shape index (κ2) is 4.72. The first-order chi connectivity index (χ1) is 9.15. The zero-order chi connectivity index (χ0) is 13.4. The van der Waals surface area contributed by atoms with Crippen LogP contribution >= 0.6 is 22.9 Å². The molecule has 2 heterocycles. The van der Waals surface area contributed by atoms with Crippen molar-refractivity contribution in [1.29, 1.82) is 0 Å². The van der Waals surface area contributed by atoms with Gasteiger partial charge >= 0.3 is 0 Å². The van der Waals surface area contributed by atoms with Gasteiger partial charge in [-0.25, -0.2) is 4.98 Å². The average Bonchev–Trinajstić information content (AvgIpc) is 3.00. The van der Waals surface area contributed by atoms with Gasteiger partial charge in [0, 0.05) is 11.3 Å². The molecule has 3 nitrogen and oxygen atoms in total. The van der Waals surface area contributed by atoms with E-state index in [0.29, 0.717) is 0 Å². The molecule has 1 aromatic carbocycles. The predicted molar refractivity (Wildman–Crippen MR) is 81.5 cm³/mol. The molecule has 0 aliphatic rings. The zero-order valence-corrected chi connectivity index (χ0v) is 11.8. The lowest BCUT2D eigenvalue weighted by molar-refractivity contribution is 1.31. The largest absolute Gasteiger partial charge is 0.398 e. The molecular weight excluding hydrogens is 278 g/mol. The molecule has 0 aliphatic carbocycles. The van der Waals surface area contributed by atoms with E-state index in [4.69, 9.17) is 17.3 Å². The second-order valence-electron chi connectivity index (χ2n) is 4.30. The Balaban J connectivity index is 2.11. The number of aryl methyl sites for hydroxylation is 1. The monoisotopic (exact) mass is 289 g/mol. The number of nitrogen functional groups attached to an aromatic ring is 1. The van der Waals surface area contributed by atoms with E-state index in [1.807, 2.05) is 37.3 Å². The minimum absolute atomic E-state index is 0.763. The normalized spacial score (nSPS) is 10.8. The van der Waals surface area contributed by atoms with Crippen molar-refractivity contribution in [1.82, 2.24) is 9.97 Å². The molecule has 0 fully saturated rings. The summed E-state index contributed by atoms with van der Waals surface area (Å²) in [6.45, 7) is 1.99. The van der Waals surface area contributed by atoms with Crippen LogP contribution in [0.2, 0.25) is 4.34 Å². The first kappa shape index (κ1) is 12.3. The Morgan fingerprint density at radius 1 is 1.26 bits per heavy atom. The third kappa shape index (κ3) is 2.25. The highest BCUT2D eigenvalue weighted by molar-refractivity contribution is 7.19. The number of benzene rings is 1. The van der Waals surface area contributed by atoms with E-state index >= 15 is 0 Å². The lowest BCUT2D eigenvalue weighted by Gasteiger charge is -2.04. The van der Waals surface area contributed by atoms with Crippen molar-refractivity contribution < 1.29 is 0 Å². The summed E-state index contributed by atoms with van der Waals surface area (Å²) in [6.07, 6.45) is 1.69. The predicted octanol–water partition coefficient (Wildman–Crippen LogP) is 4.35. The number of aromatic nitrogens is 2. The van der Waals surface area contributed by atoms with Crippen molar-refractivity contribution in [2.75, 3.05) is 5.73 Å². The minimum Gasteiger partial charge on any atom is -0.398 e. The number of nitrogens with zero attached hydrogens (tertiary/aromatic N) is 1. The number of rotatable bonds is 2. The Morgan fingerprint density at radius 2 is 2.11 bits per heavy atom. The van der Waals surface area contributed by atoms with E-state index in [1.165, 1.54) is 11.3 Å². The maximum absolute atomic E-state index is 5.99. The number of hydrogen-bond donors (Lipinski definition) is 2. The van der Waals surface area contributed by atoms with Crippen molar-refractivity contribution in [3.05, 3.63) is 46.6 Å². The van der Waals surface area contributed by atoms with Crippen LogP contribution in [0.5, 0.6) is 0 Å². The molecule has 19 heavy (non-hydrogen) atoms. The summed E-state index contributed by atoms with van der Waals surface area (Å²) in [4.78, 5) is 8.63. The molecule has 3 N–H and O–H groups in total. The summed E-state index contributed by atoms with van der Waals surface area (Å²) in [6, 6.07) is 9.85. The molecule has 0 saturated heterocycles. The van der Waals surface area contributed by atoms with Crippen LogP contribution in [0.15, 0.2) is 36.7 Å². The first-order valence-electron chi connectivity index (χ1n) is 5.81. The summed E-state index contributed by atoms with van der Waals surface area (Å²) in [5.41, 5.74) is 10.7. The van der Waals surface area contributed by atoms with E-state index in [0.717, 1.165) is 37.4 Å². The summed E-state index contributed by atoms with van der Waals surface area (Å²) < 4.78 is 0.763. The molecule has 0 radical (unpaired) electrons. The van der Waals surface area contributed by atoms with E-state index in [1.54, 1.807) is 6.33 Å². The van der Waals surface area contributed by atoms with Gasteiger partial charge in [-0.1, -0.05) is 23.7 Å². The van der Waals surface area contributed by atoms with Gasteiger partial charge in [0.25, 0.3) is 0 Å². The van der Waals surface area contributed by atoms with Crippen LogP contribution < -0.4 is 5.73 Å². The Kier molecular flexibility index (Phi) is 3.05. The van der Waals surface area contributed by atoms with Gasteiger partial charge in [-0.3, -0.25) is 0 Å². The Labute approximate surface area is 120 Å². The van der Waals surface area contributed by atoms with Crippen LogP contribution in [0.3, 0.4) is 0 Å². The molecule has 0 saturated carbocycles. The molecule has 0 amide bonds. The smallest absolute Gasteiger partial charge is 0.0970 e. The summed E-state index contributed by atoms with van der Waals surface area (Å²) in [5, 5.41) is 0. The summed E-state index contributed by atoms with van der Waals surface area (Å²) >= 11 is 7.51. The number of hydrogen-bond acceptors (Lipinski definition) is 3. The Hall–Kier alpha value is -1.78. The number of anilines is 1. The molecular formula is C14H12ClN3S. The van der Waals surface area contributed by atoms with Crippen LogP contribution in [0.4, 0.5) is 5.69 Å². The molecule has 0 aliphatic heterocycles. The molecule has 0 bridgehead atoms. The fraction of sp³-hybridized carbons (Fsp3) is 0.0714. The lowest BCUT2D eigenvalue weighted by atomic mass is 10.1. The molecule has 0 atom stereocenters. The quantitative estimate of drug-likeness (QED) is 0.689. The maximum Gasteiger partial charge on any atom is 0.0970 e. The van der Waals surface area contributed by atoms with Crippen LogP contribution in [0, 0.1) is 6.92 Å². The third-order valence-corrected chi connectivity index (χ3v) is 4.26. The molecule has 5 heteroatoms. The van der Waals surface area contributed by atoms with Crippen molar-refractivity contribution in [3.8, 4) is 21.8 Å². The molecule has 96 valence electrons. The third-order valence-electron chi connectivity index (χ3n) is 3.01. The van der Waals surface area contributed by atoms with Crippen LogP contribution in [-0.2, 0) is 0 Å². The highest BCUT2D eigenvalue weighted by Crippen LogP contribution is 2.35. The summed E-state index contributed by atoms with van der Waals surface area (Å²) in [7, 11) is 0. The number of thiophene rings is 1. The van der Waals surface area contributed by atoms with E-state index in [9.17, 15) is 0 Å². The van der Waals surface area contributed by atoms with Crippen molar-refractivity contribution in [3.63, 3.8) is 0 Å². The van der Waals surface area contributed by atoms with Crippen molar-refractivity contribution >= 4 is 28.6 Å². The van der Waals surface area contributed by atoms with Gasteiger partial charge in [0.05, 0.1) is 26.9 Å². The van der Waals surface area contributed by atoms with Gasteiger partial charge in [-0.05, 0) is 30.7 Å². The van der Waals surface area contributed by atoms with E-state index in [-0.39, 0.29) is 0 Å². The van der Waals surface area contributed by atoms with Crippen LogP contribution in [0.25, 0.3) is 21.8 Å². The lowest BCUT2D eigenvalue weighted by Crippen LogP contribution is -1.90. The maximum atomic E-state index is 5.99. The molecule has 3 aromatic rings. The number of nitrogens with one attached hydrogen (secondary N) is 1.